The molecule has 0 atom stereocenters. The summed E-state index contributed by atoms with van der Waals surface area (Å²) in [7, 11) is 0. The molecule has 0 saturated heterocycles. The molecule has 3 heteroatoms. The lowest BCUT2D eigenvalue weighted by molar-refractivity contribution is 0.571. The fourth-order valence-electron chi connectivity index (χ4n) is 2.02. The molecule has 0 aliphatic heterocycles. The Morgan fingerprint density at radius 3 is 2.42 bits per heavy atom. The van der Waals surface area contributed by atoms with Crippen molar-refractivity contribution in [2.75, 3.05) is 0 Å². The van der Waals surface area contributed by atoms with Crippen molar-refractivity contribution in [3.05, 3.63) is 77.3 Å². The van der Waals surface area contributed by atoms with Gasteiger partial charge in [0.25, 0.3) is 0 Å². The molecule has 94 valence electrons. The van der Waals surface area contributed by atoms with Crippen LogP contribution >= 0.6 is 11.6 Å². The van der Waals surface area contributed by atoms with Gasteiger partial charge >= 0.3 is 0 Å². The van der Waals surface area contributed by atoms with Crippen LogP contribution in [0.3, 0.4) is 0 Å². The molecule has 0 unspecified atom stereocenters. The Bertz CT molecular complexity index is 659. The first-order valence-electron chi connectivity index (χ1n) is 6.05. The summed E-state index contributed by atoms with van der Waals surface area (Å²) in [6.07, 6.45) is 2.25. The highest BCUT2D eigenvalue weighted by atomic mass is 35.5. The van der Waals surface area contributed by atoms with Gasteiger partial charge in [-0.25, -0.2) is 4.98 Å². The van der Waals surface area contributed by atoms with Crippen LogP contribution < -0.4 is 0 Å². The lowest BCUT2D eigenvalue weighted by Gasteiger charge is -2.02. The molecule has 1 aromatic heterocycles. The predicted molar refractivity (Wildman–Crippen MR) is 76.2 cm³/mol. The second kappa shape index (κ2) is 5.29. The Morgan fingerprint density at radius 2 is 1.68 bits per heavy atom. The molecule has 0 aliphatic rings. The number of hydrogen-bond acceptors (Lipinski definition) is 2. The molecule has 3 rings (SSSR count). The highest BCUT2D eigenvalue weighted by Crippen LogP contribution is 2.26. The molecule has 0 radical (unpaired) electrons. The predicted octanol–water partition coefficient (Wildman–Crippen LogP) is 4.59. The first kappa shape index (κ1) is 12.0. The average Bonchev–Trinajstić information content (AvgIpc) is 2.89. The largest absolute Gasteiger partial charge is 0.443 e. The molecule has 2 nitrogen and oxygen atoms in total. The van der Waals surface area contributed by atoms with E-state index in [1.54, 1.807) is 0 Å². The monoisotopic (exact) mass is 269 g/mol. The van der Waals surface area contributed by atoms with Crippen LogP contribution in [0.25, 0.3) is 11.3 Å². The molecule has 0 saturated carbocycles. The Balaban J connectivity index is 1.92. The second-order valence-corrected chi connectivity index (χ2v) is 4.73. The van der Waals surface area contributed by atoms with Crippen LogP contribution in [0.15, 0.2) is 65.4 Å². The van der Waals surface area contributed by atoms with Gasteiger partial charge in [-0.2, -0.15) is 0 Å². The maximum atomic E-state index is 5.90. The van der Waals surface area contributed by atoms with Gasteiger partial charge in [-0.05, 0) is 29.8 Å². The van der Waals surface area contributed by atoms with Crippen molar-refractivity contribution in [1.82, 2.24) is 4.98 Å². The van der Waals surface area contributed by atoms with Gasteiger partial charge in [0.15, 0.2) is 12.2 Å². The van der Waals surface area contributed by atoms with Gasteiger partial charge in [0.2, 0.25) is 0 Å². The maximum Gasteiger partial charge on any atom is 0.181 e. The van der Waals surface area contributed by atoms with Gasteiger partial charge in [0.1, 0.15) is 0 Å². The molecular weight excluding hydrogens is 258 g/mol. The summed E-state index contributed by atoms with van der Waals surface area (Å²) in [6, 6.07) is 17.8. The zero-order valence-corrected chi connectivity index (χ0v) is 11.0. The Labute approximate surface area is 116 Å². The molecule has 0 spiro atoms. The topological polar surface area (TPSA) is 26.0 Å². The van der Waals surface area contributed by atoms with Gasteiger partial charge in [0.05, 0.1) is 5.69 Å². The number of oxazole rings is 1. The maximum absolute atomic E-state index is 5.90. The minimum atomic E-state index is 0.716. The van der Waals surface area contributed by atoms with Crippen molar-refractivity contribution in [3.63, 3.8) is 0 Å². The van der Waals surface area contributed by atoms with Crippen LogP contribution in [0.4, 0.5) is 0 Å². The molecular formula is C16H12ClNO. The summed E-state index contributed by atoms with van der Waals surface area (Å²) in [5.74, 6) is 0.806. The van der Waals surface area contributed by atoms with E-state index in [0.29, 0.717) is 5.02 Å². The number of hydrogen-bond donors (Lipinski definition) is 0. The standard InChI is InChI=1S/C16H12ClNO/c17-14-8-6-13(7-9-14)16-15(18-11-19-16)10-12-4-2-1-3-5-12/h1-9,11H,10H2. The molecule has 1 heterocycles. The highest BCUT2D eigenvalue weighted by Gasteiger charge is 2.11. The summed E-state index contributed by atoms with van der Waals surface area (Å²) in [5.41, 5.74) is 3.15. The van der Waals surface area contributed by atoms with Crippen LogP contribution in [0, 0.1) is 0 Å². The van der Waals surface area contributed by atoms with Crippen LogP contribution in [-0.2, 0) is 6.42 Å². The molecule has 19 heavy (non-hydrogen) atoms. The molecule has 0 N–H and O–H groups in total. The first-order valence-corrected chi connectivity index (χ1v) is 6.43. The summed E-state index contributed by atoms with van der Waals surface area (Å²) in [5, 5.41) is 0.716. The van der Waals surface area contributed by atoms with Gasteiger partial charge in [-0.15, -0.1) is 0 Å². The van der Waals surface area contributed by atoms with E-state index < -0.39 is 0 Å². The van der Waals surface area contributed by atoms with Gasteiger partial charge in [-0.3, -0.25) is 0 Å². The van der Waals surface area contributed by atoms with Crippen molar-refractivity contribution in [1.29, 1.82) is 0 Å². The molecule has 0 bridgehead atoms. The van der Waals surface area contributed by atoms with E-state index in [4.69, 9.17) is 16.0 Å². The van der Waals surface area contributed by atoms with Crippen molar-refractivity contribution in [3.8, 4) is 11.3 Å². The van der Waals surface area contributed by atoms with Crippen molar-refractivity contribution >= 4 is 11.6 Å². The zero-order valence-electron chi connectivity index (χ0n) is 10.2. The van der Waals surface area contributed by atoms with Gasteiger partial charge < -0.3 is 4.42 Å². The molecule has 0 fully saturated rings. The van der Waals surface area contributed by atoms with E-state index in [9.17, 15) is 0 Å². The minimum absolute atomic E-state index is 0.716. The van der Waals surface area contributed by atoms with Gasteiger partial charge in [-0.1, -0.05) is 41.9 Å². The lowest BCUT2D eigenvalue weighted by atomic mass is 10.1. The average molecular weight is 270 g/mol. The lowest BCUT2D eigenvalue weighted by Crippen LogP contribution is -1.90. The first-order chi connectivity index (χ1) is 9.33. The third kappa shape index (κ3) is 2.69. The quantitative estimate of drug-likeness (QED) is 0.695. The normalized spacial score (nSPS) is 10.6. The van der Waals surface area contributed by atoms with Crippen LogP contribution in [0.1, 0.15) is 11.3 Å². The zero-order chi connectivity index (χ0) is 13.1. The number of benzene rings is 2. The SMILES string of the molecule is Clc1ccc(-c2ocnc2Cc2ccccc2)cc1. The fourth-order valence-corrected chi connectivity index (χ4v) is 2.15. The smallest absolute Gasteiger partial charge is 0.181 e. The summed E-state index contributed by atoms with van der Waals surface area (Å²) >= 11 is 5.90. The van der Waals surface area contributed by atoms with Crippen LogP contribution in [-0.4, -0.2) is 4.98 Å². The van der Waals surface area contributed by atoms with Crippen molar-refractivity contribution in [2.24, 2.45) is 0 Å². The summed E-state index contributed by atoms with van der Waals surface area (Å²) < 4.78 is 5.51. The van der Waals surface area contributed by atoms with Gasteiger partial charge in [0, 0.05) is 17.0 Å². The Morgan fingerprint density at radius 1 is 0.947 bits per heavy atom. The highest BCUT2D eigenvalue weighted by molar-refractivity contribution is 6.30. The third-order valence-electron chi connectivity index (χ3n) is 2.96. The summed E-state index contributed by atoms with van der Waals surface area (Å²) in [6.45, 7) is 0. The van der Waals surface area contributed by atoms with Crippen LogP contribution in [0.2, 0.25) is 5.02 Å². The Hall–Kier alpha value is -2.06. The van der Waals surface area contributed by atoms with Crippen LogP contribution in [0.5, 0.6) is 0 Å². The number of rotatable bonds is 3. The number of halogens is 1. The minimum Gasteiger partial charge on any atom is -0.443 e. The van der Waals surface area contributed by atoms with E-state index in [-0.39, 0.29) is 0 Å². The summed E-state index contributed by atoms with van der Waals surface area (Å²) in [4.78, 5) is 4.31. The molecule has 3 aromatic rings. The van der Waals surface area contributed by atoms with E-state index in [1.165, 1.54) is 12.0 Å². The number of aromatic nitrogens is 1. The second-order valence-electron chi connectivity index (χ2n) is 4.30. The van der Waals surface area contributed by atoms with E-state index in [2.05, 4.69) is 17.1 Å². The Kier molecular flexibility index (Phi) is 3.34. The van der Waals surface area contributed by atoms with E-state index >= 15 is 0 Å². The van der Waals surface area contributed by atoms with E-state index in [0.717, 1.165) is 23.4 Å². The van der Waals surface area contributed by atoms with Crippen molar-refractivity contribution in [2.45, 2.75) is 6.42 Å². The van der Waals surface area contributed by atoms with E-state index in [1.807, 2.05) is 42.5 Å². The van der Waals surface area contributed by atoms with Crippen molar-refractivity contribution < 1.29 is 4.42 Å². The fraction of sp³-hybridized carbons (Fsp3) is 0.0625. The molecule has 0 aliphatic carbocycles. The third-order valence-corrected chi connectivity index (χ3v) is 3.21. The molecule has 0 amide bonds. The number of nitrogens with zero attached hydrogens (tertiary/aromatic N) is 1. The molecule has 2 aromatic carbocycles.